The minimum absolute atomic E-state index is 0.00831. The molecular weight excluding hydrogens is 529 g/mol. The van der Waals surface area contributed by atoms with E-state index in [-0.39, 0.29) is 24.9 Å². The van der Waals surface area contributed by atoms with Gasteiger partial charge in [-0.1, -0.05) is 43.1 Å². The van der Waals surface area contributed by atoms with Gasteiger partial charge in [0.25, 0.3) is 0 Å². The Bertz CT molecular complexity index is 1220. The molecule has 0 spiro atoms. The molecule has 1 aliphatic rings. The zero-order valence-corrected chi connectivity index (χ0v) is 22.6. The summed E-state index contributed by atoms with van der Waals surface area (Å²) in [6, 6.07) is 8.64. The van der Waals surface area contributed by atoms with Crippen LogP contribution in [0.25, 0.3) is 0 Å². The van der Waals surface area contributed by atoms with E-state index in [4.69, 9.17) is 32.7 Å². The van der Waals surface area contributed by atoms with Crippen molar-refractivity contribution in [1.29, 1.82) is 0 Å². The number of anilines is 1. The molecule has 1 heterocycles. The first-order valence-corrected chi connectivity index (χ1v) is 14.0. The van der Waals surface area contributed by atoms with E-state index < -0.39 is 28.5 Å². The van der Waals surface area contributed by atoms with Gasteiger partial charge in [-0.05, 0) is 42.7 Å². The van der Waals surface area contributed by atoms with Gasteiger partial charge in [-0.25, -0.2) is 8.42 Å². The Labute approximate surface area is 221 Å². The number of nitrogens with one attached hydrogen (secondary N) is 1. The van der Waals surface area contributed by atoms with Crippen LogP contribution in [0.4, 0.5) is 5.69 Å². The van der Waals surface area contributed by atoms with Gasteiger partial charge in [0.1, 0.15) is 12.6 Å². The van der Waals surface area contributed by atoms with Crippen molar-refractivity contribution in [2.24, 2.45) is 0 Å². The Kier molecular flexibility index (Phi) is 9.32. The van der Waals surface area contributed by atoms with Crippen molar-refractivity contribution in [2.75, 3.05) is 30.4 Å². The predicted octanol–water partition coefficient (Wildman–Crippen LogP) is 3.82. The summed E-state index contributed by atoms with van der Waals surface area (Å²) in [5.41, 5.74) is 0.813. The maximum atomic E-state index is 13.7. The van der Waals surface area contributed by atoms with Gasteiger partial charge in [-0.3, -0.25) is 13.9 Å². The zero-order chi connectivity index (χ0) is 26.5. The third-order valence-corrected chi connectivity index (χ3v) is 7.34. The highest BCUT2D eigenvalue weighted by Gasteiger charge is 2.32. The summed E-state index contributed by atoms with van der Waals surface area (Å²) in [5.74, 6) is -0.0330. The van der Waals surface area contributed by atoms with Crippen LogP contribution in [-0.4, -0.2) is 57.3 Å². The van der Waals surface area contributed by atoms with Crippen molar-refractivity contribution in [2.45, 2.75) is 39.3 Å². The molecule has 12 heteroatoms. The number of carbonyl (C=O) groups is 2. The number of amides is 2. The first-order valence-electron chi connectivity index (χ1n) is 11.4. The quantitative estimate of drug-likeness (QED) is 0.450. The van der Waals surface area contributed by atoms with E-state index in [0.717, 1.165) is 17.0 Å². The van der Waals surface area contributed by atoms with E-state index in [0.29, 0.717) is 40.1 Å². The van der Waals surface area contributed by atoms with Crippen LogP contribution in [0.3, 0.4) is 0 Å². The Morgan fingerprint density at radius 1 is 1.08 bits per heavy atom. The van der Waals surface area contributed by atoms with Gasteiger partial charge >= 0.3 is 0 Å². The van der Waals surface area contributed by atoms with Crippen LogP contribution in [0, 0.1) is 0 Å². The topological polar surface area (TPSA) is 105 Å². The summed E-state index contributed by atoms with van der Waals surface area (Å²) in [6.45, 7) is 3.65. The summed E-state index contributed by atoms with van der Waals surface area (Å²) in [5, 5.41) is 3.59. The highest BCUT2D eigenvalue weighted by atomic mass is 35.5. The van der Waals surface area contributed by atoms with E-state index in [1.807, 2.05) is 6.92 Å². The molecule has 0 bridgehead atoms. The largest absolute Gasteiger partial charge is 0.454 e. The number of sulfonamides is 1. The number of hydrogen-bond acceptors (Lipinski definition) is 6. The standard InChI is InChI=1S/C24H29Cl2N3O6S/c1-4-10-27-24(31)20(5-2)28(13-16-6-7-17(25)11-19(16)26)23(30)14-29(36(3,32)33)18-8-9-21-22(12-18)35-15-34-21/h6-9,11-12,20H,4-5,10,13-15H2,1-3H3,(H,27,31). The minimum Gasteiger partial charge on any atom is -0.454 e. The molecule has 0 fully saturated rings. The molecule has 3 rings (SSSR count). The number of fused-ring (bicyclic) bond motifs is 1. The van der Waals surface area contributed by atoms with Crippen molar-refractivity contribution >= 4 is 50.7 Å². The molecule has 0 saturated heterocycles. The fraction of sp³-hybridized carbons (Fsp3) is 0.417. The Morgan fingerprint density at radius 3 is 2.44 bits per heavy atom. The normalized spacial score (nSPS) is 13.2. The predicted molar refractivity (Wildman–Crippen MR) is 139 cm³/mol. The van der Waals surface area contributed by atoms with Crippen molar-refractivity contribution in [3.63, 3.8) is 0 Å². The molecule has 36 heavy (non-hydrogen) atoms. The molecule has 1 unspecified atom stereocenters. The van der Waals surface area contributed by atoms with E-state index in [1.54, 1.807) is 31.2 Å². The van der Waals surface area contributed by atoms with Gasteiger partial charge < -0.3 is 19.7 Å². The molecule has 2 aromatic rings. The molecule has 0 aromatic heterocycles. The molecule has 2 amide bonds. The van der Waals surface area contributed by atoms with Crippen molar-refractivity contribution in [3.05, 3.63) is 52.0 Å². The molecule has 0 aliphatic carbocycles. The van der Waals surface area contributed by atoms with Gasteiger partial charge in [0.05, 0.1) is 11.9 Å². The van der Waals surface area contributed by atoms with Gasteiger partial charge in [-0.15, -0.1) is 0 Å². The molecule has 0 saturated carbocycles. The second-order valence-electron chi connectivity index (χ2n) is 8.28. The highest BCUT2D eigenvalue weighted by molar-refractivity contribution is 7.92. The smallest absolute Gasteiger partial charge is 0.244 e. The molecule has 0 radical (unpaired) electrons. The highest BCUT2D eigenvalue weighted by Crippen LogP contribution is 2.36. The summed E-state index contributed by atoms with van der Waals surface area (Å²) < 4.78 is 37.1. The van der Waals surface area contributed by atoms with Crippen LogP contribution in [0.1, 0.15) is 32.3 Å². The zero-order valence-electron chi connectivity index (χ0n) is 20.3. The number of carbonyl (C=O) groups excluding carboxylic acids is 2. The molecule has 1 atom stereocenters. The molecular formula is C24H29Cl2N3O6S. The average Bonchev–Trinajstić information content (AvgIpc) is 3.29. The maximum Gasteiger partial charge on any atom is 0.244 e. The molecule has 2 aromatic carbocycles. The average molecular weight is 558 g/mol. The van der Waals surface area contributed by atoms with Gasteiger partial charge in [0.2, 0.25) is 28.6 Å². The summed E-state index contributed by atoms with van der Waals surface area (Å²) >= 11 is 12.4. The third-order valence-electron chi connectivity index (χ3n) is 5.61. The van der Waals surface area contributed by atoms with Crippen LogP contribution < -0.4 is 19.1 Å². The Morgan fingerprint density at radius 2 is 1.81 bits per heavy atom. The van der Waals surface area contributed by atoms with Gasteiger partial charge in [0.15, 0.2) is 11.5 Å². The van der Waals surface area contributed by atoms with E-state index in [2.05, 4.69) is 5.32 Å². The minimum atomic E-state index is -3.87. The number of ether oxygens (including phenoxy) is 2. The molecule has 1 N–H and O–H groups in total. The fourth-order valence-corrected chi connectivity index (χ4v) is 5.08. The van der Waals surface area contributed by atoms with Crippen LogP contribution in [0.2, 0.25) is 10.0 Å². The fourth-order valence-electron chi connectivity index (χ4n) is 3.77. The van der Waals surface area contributed by atoms with Crippen LogP contribution in [0.15, 0.2) is 36.4 Å². The first kappa shape index (κ1) is 27.9. The third kappa shape index (κ3) is 6.74. The summed E-state index contributed by atoms with van der Waals surface area (Å²) in [6.07, 6.45) is 2.05. The summed E-state index contributed by atoms with van der Waals surface area (Å²) in [4.78, 5) is 28.0. The van der Waals surface area contributed by atoms with Crippen molar-refractivity contribution in [1.82, 2.24) is 10.2 Å². The first-order chi connectivity index (χ1) is 17.0. The molecule has 196 valence electrons. The number of hydrogen-bond donors (Lipinski definition) is 1. The van der Waals surface area contributed by atoms with Gasteiger partial charge in [-0.2, -0.15) is 0 Å². The van der Waals surface area contributed by atoms with E-state index >= 15 is 0 Å². The maximum absolute atomic E-state index is 13.7. The van der Waals surface area contributed by atoms with Crippen molar-refractivity contribution in [3.8, 4) is 11.5 Å². The number of benzene rings is 2. The lowest BCUT2D eigenvalue weighted by molar-refractivity contribution is -0.140. The monoisotopic (exact) mass is 557 g/mol. The van der Waals surface area contributed by atoms with Crippen molar-refractivity contribution < 1.29 is 27.5 Å². The van der Waals surface area contributed by atoms with Crippen LogP contribution in [-0.2, 0) is 26.2 Å². The Hall–Kier alpha value is -2.69. The lowest BCUT2D eigenvalue weighted by Gasteiger charge is -2.33. The second kappa shape index (κ2) is 12.0. The van der Waals surface area contributed by atoms with Gasteiger partial charge in [0, 0.05) is 29.2 Å². The second-order valence-corrected chi connectivity index (χ2v) is 11.0. The number of halogens is 2. The lowest BCUT2D eigenvalue weighted by Crippen LogP contribution is -2.52. The number of nitrogens with zero attached hydrogens (tertiary/aromatic N) is 2. The van der Waals surface area contributed by atoms with Crippen LogP contribution in [0.5, 0.6) is 11.5 Å². The molecule has 1 aliphatic heterocycles. The molecule has 9 nitrogen and oxygen atoms in total. The van der Waals surface area contributed by atoms with Crippen LogP contribution >= 0.6 is 23.2 Å². The lowest BCUT2D eigenvalue weighted by atomic mass is 10.1. The van der Waals surface area contributed by atoms with E-state index in [1.165, 1.54) is 17.0 Å². The SMILES string of the molecule is CCCNC(=O)C(CC)N(Cc1ccc(Cl)cc1Cl)C(=O)CN(c1ccc2c(c1)OCO2)S(C)(=O)=O. The summed E-state index contributed by atoms with van der Waals surface area (Å²) in [7, 11) is -3.87. The Balaban J connectivity index is 1.96. The number of rotatable bonds is 11. The van der Waals surface area contributed by atoms with E-state index in [9.17, 15) is 18.0 Å².